The van der Waals surface area contributed by atoms with Crippen LogP contribution in [0.4, 0.5) is 0 Å². The zero-order chi connectivity index (χ0) is 11.2. The van der Waals surface area contributed by atoms with Crippen LogP contribution in [0, 0.1) is 0 Å². The summed E-state index contributed by atoms with van der Waals surface area (Å²) >= 11 is 1.80. The third kappa shape index (κ3) is 2.94. The van der Waals surface area contributed by atoms with Gasteiger partial charge < -0.3 is 5.32 Å². The minimum absolute atomic E-state index is 0.589. The van der Waals surface area contributed by atoms with Crippen molar-refractivity contribution in [2.24, 2.45) is 0 Å². The van der Waals surface area contributed by atoms with Crippen molar-refractivity contribution < 1.29 is 0 Å². The number of nitrogens with zero attached hydrogens (tertiary/aromatic N) is 1. The smallest absolute Gasteiger partial charge is 0.0360 e. The van der Waals surface area contributed by atoms with Crippen LogP contribution in [0.15, 0.2) is 29.5 Å². The van der Waals surface area contributed by atoms with E-state index in [1.54, 1.807) is 11.3 Å². The Morgan fingerprint density at radius 1 is 1.50 bits per heavy atom. The average molecular weight is 236 g/mol. The maximum absolute atomic E-state index is 3.83. The van der Waals surface area contributed by atoms with E-state index in [1.807, 2.05) is 6.08 Å². The molecule has 1 aliphatic heterocycles. The minimum atomic E-state index is 0.589. The first-order valence-corrected chi connectivity index (χ1v) is 6.94. The summed E-state index contributed by atoms with van der Waals surface area (Å²) in [6.45, 7) is 8.40. The van der Waals surface area contributed by atoms with Crippen molar-refractivity contribution in [3.8, 4) is 0 Å². The van der Waals surface area contributed by atoms with Gasteiger partial charge in [0, 0.05) is 32.2 Å². The Morgan fingerprint density at radius 3 is 2.94 bits per heavy atom. The van der Waals surface area contributed by atoms with Gasteiger partial charge in [-0.25, -0.2) is 0 Å². The zero-order valence-electron chi connectivity index (χ0n) is 9.69. The molecule has 2 rings (SSSR count). The number of nitrogens with one attached hydrogen (secondary N) is 1. The van der Waals surface area contributed by atoms with Gasteiger partial charge in [0.15, 0.2) is 0 Å². The molecule has 0 aliphatic carbocycles. The quantitative estimate of drug-likeness (QED) is 0.791. The molecule has 1 atom stereocenters. The first-order valence-electron chi connectivity index (χ1n) is 5.99. The van der Waals surface area contributed by atoms with Gasteiger partial charge in [0.1, 0.15) is 0 Å². The molecule has 2 nitrogen and oxygen atoms in total. The third-order valence-electron chi connectivity index (χ3n) is 3.16. The van der Waals surface area contributed by atoms with E-state index in [-0.39, 0.29) is 0 Å². The van der Waals surface area contributed by atoms with E-state index in [4.69, 9.17) is 0 Å². The van der Waals surface area contributed by atoms with E-state index in [1.165, 1.54) is 12.0 Å². The molecule has 88 valence electrons. The summed E-state index contributed by atoms with van der Waals surface area (Å²) < 4.78 is 0. The summed E-state index contributed by atoms with van der Waals surface area (Å²) in [5, 5.41) is 7.88. The Bertz CT molecular complexity index is 302. The van der Waals surface area contributed by atoms with Crippen LogP contribution in [0.25, 0.3) is 0 Å². The van der Waals surface area contributed by atoms with E-state index < -0.39 is 0 Å². The molecule has 0 spiro atoms. The van der Waals surface area contributed by atoms with Crippen LogP contribution in [0.2, 0.25) is 0 Å². The molecular weight excluding hydrogens is 216 g/mol. The largest absolute Gasteiger partial charge is 0.314 e. The van der Waals surface area contributed by atoms with Crippen molar-refractivity contribution in [1.82, 2.24) is 10.2 Å². The minimum Gasteiger partial charge on any atom is -0.314 e. The van der Waals surface area contributed by atoms with Gasteiger partial charge in [0.25, 0.3) is 0 Å². The second kappa shape index (κ2) is 6.18. The molecule has 0 saturated carbocycles. The molecule has 1 saturated heterocycles. The van der Waals surface area contributed by atoms with Crippen LogP contribution in [0.3, 0.4) is 0 Å². The number of rotatable bonds is 5. The molecule has 1 N–H and O–H groups in total. The lowest BCUT2D eigenvalue weighted by Crippen LogP contribution is -2.45. The van der Waals surface area contributed by atoms with E-state index >= 15 is 0 Å². The van der Waals surface area contributed by atoms with Gasteiger partial charge in [-0.15, -0.1) is 6.58 Å². The fraction of sp³-hybridized carbons (Fsp3) is 0.538. The van der Waals surface area contributed by atoms with E-state index in [0.717, 1.165) is 32.6 Å². The normalized spacial score (nSPS) is 19.5. The summed E-state index contributed by atoms with van der Waals surface area (Å²) in [4.78, 5) is 2.60. The summed E-state index contributed by atoms with van der Waals surface area (Å²) in [5.41, 5.74) is 1.48. The third-order valence-corrected chi connectivity index (χ3v) is 3.87. The van der Waals surface area contributed by atoms with Crippen LogP contribution < -0.4 is 5.32 Å². The molecule has 0 aromatic carbocycles. The predicted molar refractivity (Wildman–Crippen MR) is 70.9 cm³/mol. The van der Waals surface area contributed by atoms with Gasteiger partial charge in [-0.05, 0) is 35.2 Å². The molecule has 16 heavy (non-hydrogen) atoms. The van der Waals surface area contributed by atoms with Gasteiger partial charge >= 0.3 is 0 Å². The number of hydrogen-bond acceptors (Lipinski definition) is 3. The van der Waals surface area contributed by atoms with Crippen LogP contribution in [0.5, 0.6) is 0 Å². The Balaban J connectivity index is 2.03. The van der Waals surface area contributed by atoms with Crippen LogP contribution in [0.1, 0.15) is 24.4 Å². The van der Waals surface area contributed by atoms with Gasteiger partial charge in [0.05, 0.1) is 0 Å². The molecule has 1 aliphatic rings. The average Bonchev–Trinajstić information content (AvgIpc) is 2.85. The maximum Gasteiger partial charge on any atom is 0.0360 e. The van der Waals surface area contributed by atoms with Crippen LogP contribution in [-0.2, 0) is 0 Å². The number of hydrogen-bond donors (Lipinski definition) is 1. The highest BCUT2D eigenvalue weighted by atomic mass is 32.1. The Hall–Kier alpha value is -0.640. The molecule has 1 fully saturated rings. The van der Waals surface area contributed by atoms with Crippen molar-refractivity contribution in [2.75, 3.05) is 26.2 Å². The second-order valence-corrected chi connectivity index (χ2v) is 5.00. The summed E-state index contributed by atoms with van der Waals surface area (Å²) in [6.07, 6.45) is 4.33. The molecule has 1 aromatic rings. The topological polar surface area (TPSA) is 15.3 Å². The number of thiophene rings is 1. The lowest BCUT2D eigenvalue weighted by molar-refractivity contribution is 0.166. The maximum atomic E-state index is 3.83. The van der Waals surface area contributed by atoms with Gasteiger partial charge in [-0.1, -0.05) is 6.08 Å². The molecule has 0 radical (unpaired) electrons. The monoisotopic (exact) mass is 236 g/mol. The van der Waals surface area contributed by atoms with Gasteiger partial charge in [0.2, 0.25) is 0 Å². The summed E-state index contributed by atoms with van der Waals surface area (Å²) in [5.74, 6) is 0. The lowest BCUT2D eigenvalue weighted by atomic mass is 10.0. The second-order valence-electron chi connectivity index (χ2n) is 4.22. The summed E-state index contributed by atoms with van der Waals surface area (Å²) in [6, 6.07) is 2.85. The van der Waals surface area contributed by atoms with Crippen LogP contribution >= 0.6 is 11.3 Å². The fourth-order valence-corrected chi connectivity index (χ4v) is 3.00. The van der Waals surface area contributed by atoms with Crippen molar-refractivity contribution in [2.45, 2.75) is 18.9 Å². The van der Waals surface area contributed by atoms with E-state index in [9.17, 15) is 0 Å². The Kier molecular flexibility index (Phi) is 4.57. The van der Waals surface area contributed by atoms with Crippen molar-refractivity contribution in [1.29, 1.82) is 0 Å². The van der Waals surface area contributed by atoms with Crippen molar-refractivity contribution in [3.63, 3.8) is 0 Å². The fourth-order valence-electron chi connectivity index (χ4n) is 2.29. The molecule has 0 unspecified atom stereocenters. The number of piperazine rings is 1. The van der Waals surface area contributed by atoms with Gasteiger partial charge in [-0.3, -0.25) is 4.90 Å². The summed E-state index contributed by atoms with van der Waals surface area (Å²) in [7, 11) is 0. The zero-order valence-corrected chi connectivity index (χ0v) is 10.5. The van der Waals surface area contributed by atoms with Gasteiger partial charge in [-0.2, -0.15) is 11.3 Å². The number of allylic oxidation sites excluding steroid dienone is 1. The Morgan fingerprint density at radius 2 is 2.31 bits per heavy atom. The first-order chi connectivity index (χ1) is 7.92. The molecule has 3 heteroatoms. The molecule has 0 bridgehead atoms. The predicted octanol–water partition coefficient (Wildman–Crippen LogP) is 2.66. The van der Waals surface area contributed by atoms with E-state index in [0.29, 0.717) is 6.04 Å². The molecular formula is C13H20N2S. The van der Waals surface area contributed by atoms with E-state index in [2.05, 4.69) is 33.6 Å². The lowest BCUT2D eigenvalue weighted by Gasteiger charge is -2.34. The standard InChI is InChI=1S/C13H20N2S/c1-2-3-4-13(12-5-10-16-11-12)15-8-6-14-7-9-15/h2,5,10-11,13-14H,1,3-4,6-9H2/t13-/m1/s1. The highest BCUT2D eigenvalue weighted by Crippen LogP contribution is 2.27. The SMILES string of the molecule is C=CCC[C@H](c1ccsc1)N1CCNCC1. The van der Waals surface area contributed by atoms with Crippen molar-refractivity contribution in [3.05, 3.63) is 35.0 Å². The van der Waals surface area contributed by atoms with Crippen molar-refractivity contribution >= 4 is 11.3 Å². The first kappa shape index (κ1) is 11.8. The molecule has 2 heterocycles. The Labute approximate surface area is 102 Å². The van der Waals surface area contributed by atoms with Crippen LogP contribution in [-0.4, -0.2) is 31.1 Å². The highest BCUT2D eigenvalue weighted by Gasteiger charge is 2.21. The molecule has 0 amide bonds. The molecule has 1 aromatic heterocycles. The highest BCUT2D eigenvalue weighted by molar-refractivity contribution is 7.07.